The van der Waals surface area contributed by atoms with Crippen LogP contribution in [0.25, 0.3) is 44.4 Å². The smallest absolute Gasteiger partial charge is 0.329 e. The Balaban J connectivity index is 0.000000154. The van der Waals surface area contributed by atoms with Gasteiger partial charge in [-0.3, -0.25) is 28.2 Å². The summed E-state index contributed by atoms with van der Waals surface area (Å²) in [6.45, 7) is 5.29. The van der Waals surface area contributed by atoms with E-state index in [0.29, 0.717) is 72.9 Å². The first-order chi connectivity index (χ1) is 29.0. The zero-order chi connectivity index (χ0) is 41.7. The van der Waals surface area contributed by atoms with Crippen molar-refractivity contribution >= 4 is 73.4 Å². The average molecular weight is 852 g/mol. The number of hydrogen-bond donors (Lipinski definition) is 1. The van der Waals surface area contributed by atoms with Crippen LogP contribution in [0.15, 0.2) is 70.8 Å². The molecule has 8 aromatic rings. The van der Waals surface area contributed by atoms with Crippen LogP contribution in [0.5, 0.6) is 0 Å². The fourth-order valence-corrected chi connectivity index (χ4v) is 8.34. The highest BCUT2D eigenvalue weighted by Gasteiger charge is 2.31. The molecule has 2 fully saturated rings. The number of aliphatic hydroxyl groups is 1. The molecule has 8 aromatic heterocycles. The van der Waals surface area contributed by atoms with Gasteiger partial charge in [-0.25, -0.2) is 29.5 Å². The summed E-state index contributed by atoms with van der Waals surface area (Å²) in [6, 6.07) is 11.6. The van der Waals surface area contributed by atoms with Gasteiger partial charge in [0.25, 0.3) is 0 Å². The number of carbonyl (C=O) groups excluding carboxylic acids is 1. The predicted molar refractivity (Wildman–Crippen MR) is 229 cm³/mol. The van der Waals surface area contributed by atoms with Crippen molar-refractivity contribution in [3.8, 4) is 0 Å². The normalized spacial score (nSPS) is 14.7. The first-order valence-electron chi connectivity index (χ1n) is 20.4. The van der Waals surface area contributed by atoms with E-state index in [1.54, 1.807) is 59.9 Å². The largest absolute Gasteiger partial charge is 0.393 e. The molecular formula is C42H44Cl2N12O4. The molecule has 0 radical (unpaired) electrons. The summed E-state index contributed by atoms with van der Waals surface area (Å²) >= 11 is 12.1. The lowest BCUT2D eigenvalue weighted by molar-refractivity contribution is -0.117. The number of ketones is 1. The Morgan fingerprint density at radius 1 is 0.667 bits per heavy atom. The third kappa shape index (κ3) is 7.86. The summed E-state index contributed by atoms with van der Waals surface area (Å²) in [5, 5.41) is 10.4. The second-order valence-electron chi connectivity index (χ2n) is 15.8. The summed E-state index contributed by atoms with van der Waals surface area (Å²) in [5.74, 6) is 1.60. The van der Waals surface area contributed by atoms with Crippen molar-refractivity contribution in [2.45, 2.75) is 110 Å². The van der Waals surface area contributed by atoms with Gasteiger partial charge in [0.05, 0.1) is 64.7 Å². The Labute approximate surface area is 353 Å². The maximum Gasteiger partial charge on any atom is 0.329 e. The summed E-state index contributed by atoms with van der Waals surface area (Å²) in [7, 11) is 0. The second-order valence-corrected chi connectivity index (χ2v) is 16.6. The molecule has 0 saturated heterocycles. The molecule has 10 rings (SSSR count). The van der Waals surface area contributed by atoms with E-state index in [-0.39, 0.29) is 35.4 Å². The molecule has 18 heteroatoms. The summed E-state index contributed by atoms with van der Waals surface area (Å²) in [4.78, 5) is 64.4. The molecule has 8 heterocycles. The minimum absolute atomic E-state index is 0.0333. The first-order valence-corrected chi connectivity index (χ1v) is 21.1. The molecule has 2 saturated carbocycles. The van der Waals surface area contributed by atoms with Gasteiger partial charge in [0.1, 0.15) is 27.7 Å². The molecule has 0 spiro atoms. The quantitative estimate of drug-likeness (QED) is 0.119. The topological polar surface area (TPSA) is 178 Å². The van der Waals surface area contributed by atoms with Crippen molar-refractivity contribution in [1.82, 2.24) is 57.3 Å². The number of aliphatic hydroxyl groups excluding tert-OH is 1. The van der Waals surface area contributed by atoms with Crippen LogP contribution in [0.4, 0.5) is 0 Å². The molecule has 2 aliphatic rings. The number of aromatic nitrogens is 12. The number of aryl methyl sites for hydroxylation is 2. The van der Waals surface area contributed by atoms with E-state index in [2.05, 4.69) is 29.5 Å². The molecule has 16 nitrogen and oxygen atoms in total. The minimum atomic E-state index is -0.360. The molecule has 0 aromatic carbocycles. The number of nitrogens with zero attached hydrogens (tertiary/aromatic N) is 12. The van der Waals surface area contributed by atoms with Gasteiger partial charge in [-0.05, 0) is 95.2 Å². The van der Waals surface area contributed by atoms with Crippen molar-refractivity contribution in [3.05, 3.63) is 104 Å². The van der Waals surface area contributed by atoms with Crippen molar-refractivity contribution in [1.29, 1.82) is 0 Å². The maximum atomic E-state index is 13.2. The molecule has 60 heavy (non-hydrogen) atoms. The van der Waals surface area contributed by atoms with Gasteiger partial charge in [0.2, 0.25) is 0 Å². The standard InChI is InChI=1S/C21H23ClN6O2.C21H21ClN6O2/c2*1-13(29)3-2-10-26-16-6-7-18(22)24-20(16)25-19(26)12-27-17-11-23-9-8-15(17)28(21(27)30)14-4-5-14/h6-9,11,13-14,29H,2-5,10,12H2,1H3;6-9,11,14H,2-5,10,12H2,1H3. The lowest BCUT2D eigenvalue weighted by Crippen LogP contribution is -2.25. The number of pyridine rings is 4. The monoisotopic (exact) mass is 850 g/mol. The minimum Gasteiger partial charge on any atom is -0.393 e. The van der Waals surface area contributed by atoms with Crippen molar-refractivity contribution in [3.63, 3.8) is 0 Å². The Bertz CT molecular complexity index is 3020. The van der Waals surface area contributed by atoms with E-state index < -0.39 is 0 Å². The van der Waals surface area contributed by atoms with Crippen LogP contribution in [0.2, 0.25) is 10.3 Å². The number of halogens is 2. The highest BCUT2D eigenvalue weighted by molar-refractivity contribution is 6.30. The molecule has 1 unspecified atom stereocenters. The summed E-state index contributed by atoms with van der Waals surface area (Å²) in [5.41, 5.74) is 6.15. The summed E-state index contributed by atoms with van der Waals surface area (Å²) < 4.78 is 11.3. The number of hydrogen-bond acceptors (Lipinski definition) is 10. The van der Waals surface area contributed by atoms with Gasteiger partial charge < -0.3 is 19.0 Å². The highest BCUT2D eigenvalue weighted by Crippen LogP contribution is 2.37. The maximum absolute atomic E-state index is 13.2. The molecule has 2 aliphatic carbocycles. The van der Waals surface area contributed by atoms with E-state index in [1.165, 1.54) is 0 Å². The SMILES string of the molecule is CC(=O)CCCn1c(Cn2c(=O)n(C3CC3)c3ccncc32)nc2nc(Cl)ccc21.CC(O)CCCn1c(Cn2c(=O)n(C3CC3)c3ccncc32)nc2nc(Cl)ccc21. The second kappa shape index (κ2) is 16.4. The Morgan fingerprint density at radius 2 is 1.13 bits per heavy atom. The van der Waals surface area contributed by atoms with Crippen LogP contribution in [-0.2, 0) is 31.0 Å². The fourth-order valence-electron chi connectivity index (χ4n) is 8.05. The first kappa shape index (κ1) is 39.7. The Morgan fingerprint density at radius 3 is 1.57 bits per heavy atom. The van der Waals surface area contributed by atoms with Gasteiger partial charge in [0.15, 0.2) is 11.3 Å². The number of carbonyl (C=O) groups is 1. The van der Waals surface area contributed by atoms with Crippen LogP contribution >= 0.6 is 23.2 Å². The zero-order valence-corrected chi connectivity index (χ0v) is 34.8. The van der Waals surface area contributed by atoms with Crippen molar-refractivity contribution < 1.29 is 9.90 Å². The van der Waals surface area contributed by atoms with Gasteiger partial charge in [-0.1, -0.05) is 23.2 Å². The molecule has 0 aliphatic heterocycles. The third-order valence-electron chi connectivity index (χ3n) is 11.2. The average Bonchev–Trinajstić information content (AvgIpc) is 4.14. The van der Waals surface area contributed by atoms with E-state index in [0.717, 1.165) is 71.0 Å². The van der Waals surface area contributed by atoms with Gasteiger partial charge >= 0.3 is 11.4 Å². The van der Waals surface area contributed by atoms with Crippen molar-refractivity contribution in [2.75, 3.05) is 0 Å². The number of fused-ring (bicyclic) bond motifs is 4. The van der Waals surface area contributed by atoms with Crippen LogP contribution in [0, 0.1) is 0 Å². The lowest BCUT2D eigenvalue weighted by Gasteiger charge is -2.11. The van der Waals surface area contributed by atoms with E-state index in [4.69, 9.17) is 28.2 Å². The fraction of sp³-hybridized carbons (Fsp3) is 0.405. The lowest BCUT2D eigenvalue weighted by atomic mass is 10.2. The van der Waals surface area contributed by atoms with Gasteiger partial charge in [0, 0.05) is 44.0 Å². The van der Waals surface area contributed by atoms with E-state index >= 15 is 0 Å². The number of imidazole rings is 4. The molecule has 0 bridgehead atoms. The predicted octanol–water partition coefficient (Wildman–Crippen LogP) is 6.49. The zero-order valence-electron chi connectivity index (χ0n) is 33.3. The molecule has 1 N–H and O–H groups in total. The van der Waals surface area contributed by atoms with E-state index in [9.17, 15) is 19.5 Å². The van der Waals surface area contributed by atoms with Crippen LogP contribution in [-0.4, -0.2) is 74.3 Å². The Kier molecular flexibility index (Phi) is 10.9. The van der Waals surface area contributed by atoms with Crippen LogP contribution < -0.4 is 11.4 Å². The molecule has 1 atom stereocenters. The van der Waals surface area contributed by atoms with Crippen LogP contribution in [0.3, 0.4) is 0 Å². The van der Waals surface area contributed by atoms with E-state index in [1.807, 2.05) is 38.0 Å². The number of rotatable bonds is 14. The molecular weight excluding hydrogens is 807 g/mol. The molecule has 310 valence electrons. The Hall–Kier alpha value is -5.71. The molecule has 0 amide bonds. The van der Waals surface area contributed by atoms with Crippen molar-refractivity contribution in [2.24, 2.45) is 0 Å². The number of Topliss-reactive ketones (excluding diaryl/α,β-unsaturated/α-hetero) is 1. The van der Waals surface area contributed by atoms with Crippen LogP contribution in [0.1, 0.15) is 88.9 Å². The third-order valence-corrected chi connectivity index (χ3v) is 11.6. The highest BCUT2D eigenvalue weighted by atomic mass is 35.5. The van der Waals surface area contributed by atoms with Gasteiger partial charge in [-0.15, -0.1) is 0 Å². The van der Waals surface area contributed by atoms with Gasteiger partial charge in [-0.2, -0.15) is 0 Å². The summed E-state index contributed by atoms with van der Waals surface area (Å²) in [6.07, 6.45) is 13.3.